The molecule has 3 heteroatoms. The molecule has 1 aliphatic carbocycles. The molecule has 0 aromatic rings. The van der Waals surface area contributed by atoms with Gasteiger partial charge in [0.1, 0.15) is 0 Å². The van der Waals surface area contributed by atoms with Crippen LogP contribution in [-0.4, -0.2) is 18.0 Å². The predicted octanol–water partition coefficient (Wildman–Crippen LogP) is 0.638. The molecule has 70 valence electrons. The Kier molecular flexibility index (Phi) is 3.09. The van der Waals surface area contributed by atoms with E-state index in [0.717, 1.165) is 0 Å². The van der Waals surface area contributed by atoms with E-state index in [0.29, 0.717) is 12.0 Å². The summed E-state index contributed by atoms with van der Waals surface area (Å²) in [7, 11) is 0. The number of hydrogen-bond donors (Lipinski definition) is 2. The summed E-state index contributed by atoms with van der Waals surface area (Å²) in [5.74, 6) is 0.431. The molecule has 1 saturated carbocycles. The van der Waals surface area contributed by atoms with Gasteiger partial charge in [-0.15, -0.1) is 0 Å². The van der Waals surface area contributed by atoms with Crippen molar-refractivity contribution in [1.29, 1.82) is 0 Å². The SMILES string of the molecule is CC1CCCC1N[C@H](C)C(N)=O. The fourth-order valence-corrected chi connectivity index (χ4v) is 1.80. The molecule has 0 aromatic heterocycles. The van der Waals surface area contributed by atoms with Crippen LogP contribution >= 0.6 is 0 Å². The van der Waals surface area contributed by atoms with Gasteiger partial charge >= 0.3 is 0 Å². The van der Waals surface area contributed by atoms with E-state index in [2.05, 4.69) is 12.2 Å². The molecule has 0 saturated heterocycles. The molecule has 3 nitrogen and oxygen atoms in total. The average molecular weight is 170 g/mol. The van der Waals surface area contributed by atoms with Gasteiger partial charge in [0, 0.05) is 6.04 Å². The Morgan fingerprint density at radius 1 is 1.58 bits per heavy atom. The number of nitrogens with one attached hydrogen (secondary N) is 1. The summed E-state index contributed by atoms with van der Waals surface area (Å²) in [4.78, 5) is 10.8. The maximum atomic E-state index is 10.8. The minimum atomic E-state index is -0.255. The molecule has 3 atom stereocenters. The third-order valence-corrected chi connectivity index (χ3v) is 2.75. The van der Waals surface area contributed by atoms with E-state index >= 15 is 0 Å². The second-order valence-electron chi connectivity index (χ2n) is 3.81. The molecule has 0 aromatic carbocycles. The Bertz CT molecular complexity index is 170. The smallest absolute Gasteiger partial charge is 0.234 e. The van der Waals surface area contributed by atoms with Gasteiger partial charge in [-0.3, -0.25) is 4.79 Å². The Hall–Kier alpha value is -0.570. The van der Waals surface area contributed by atoms with Crippen LogP contribution < -0.4 is 11.1 Å². The van der Waals surface area contributed by atoms with E-state index in [4.69, 9.17) is 5.73 Å². The molecule has 1 fully saturated rings. The maximum absolute atomic E-state index is 10.8. The normalized spacial score (nSPS) is 31.8. The van der Waals surface area contributed by atoms with E-state index < -0.39 is 0 Å². The Morgan fingerprint density at radius 3 is 2.67 bits per heavy atom. The van der Waals surface area contributed by atoms with E-state index in [1.54, 1.807) is 0 Å². The van der Waals surface area contributed by atoms with Gasteiger partial charge in [-0.05, 0) is 25.7 Å². The van der Waals surface area contributed by atoms with Crippen molar-refractivity contribution in [2.45, 2.75) is 45.2 Å². The molecule has 2 unspecified atom stereocenters. The lowest BCUT2D eigenvalue weighted by Gasteiger charge is -2.20. The lowest BCUT2D eigenvalue weighted by Crippen LogP contribution is -2.45. The standard InChI is InChI=1S/C9H18N2O/c1-6-4-3-5-8(6)11-7(2)9(10)12/h6-8,11H,3-5H2,1-2H3,(H2,10,12)/t6?,7-,8?/m1/s1. The van der Waals surface area contributed by atoms with Crippen molar-refractivity contribution in [2.24, 2.45) is 11.7 Å². The second kappa shape index (κ2) is 3.90. The minimum absolute atomic E-state index is 0.185. The van der Waals surface area contributed by atoms with Gasteiger partial charge in [-0.1, -0.05) is 13.3 Å². The van der Waals surface area contributed by atoms with Crippen LogP contribution in [0.2, 0.25) is 0 Å². The number of hydrogen-bond acceptors (Lipinski definition) is 2. The quantitative estimate of drug-likeness (QED) is 0.653. The molecule has 3 N–H and O–H groups in total. The van der Waals surface area contributed by atoms with Crippen LogP contribution in [-0.2, 0) is 4.79 Å². The largest absolute Gasteiger partial charge is 0.368 e. The van der Waals surface area contributed by atoms with E-state index in [1.165, 1.54) is 19.3 Å². The zero-order valence-corrected chi connectivity index (χ0v) is 7.84. The molecule has 1 aliphatic rings. The van der Waals surface area contributed by atoms with Crippen LogP contribution in [0.5, 0.6) is 0 Å². The zero-order chi connectivity index (χ0) is 9.14. The zero-order valence-electron chi connectivity index (χ0n) is 7.84. The van der Waals surface area contributed by atoms with Gasteiger partial charge in [0.15, 0.2) is 0 Å². The van der Waals surface area contributed by atoms with Gasteiger partial charge in [-0.2, -0.15) is 0 Å². The average Bonchev–Trinajstić information content (AvgIpc) is 2.36. The van der Waals surface area contributed by atoms with Gasteiger partial charge in [-0.25, -0.2) is 0 Å². The summed E-state index contributed by atoms with van der Waals surface area (Å²) in [6.45, 7) is 4.05. The molecule has 0 aliphatic heterocycles. The summed E-state index contributed by atoms with van der Waals surface area (Å²) in [6, 6.07) is 0.308. The van der Waals surface area contributed by atoms with Crippen LogP contribution in [0.4, 0.5) is 0 Å². The number of carbonyl (C=O) groups excluding carboxylic acids is 1. The highest BCUT2D eigenvalue weighted by atomic mass is 16.1. The summed E-state index contributed by atoms with van der Waals surface area (Å²) in [6.07, 6.45) is 3.71. The minimum Gasteiger partial charge on any atom is -0.368 e. The highest BCUT2D eigenvalue weighted by Gasteiger charge is 2.25. The number of rotatable bonds is 3. The predicted molar refractivity (Wildman–Crippen MR) is 48.6 cm³/mol. The van der Waals surface area contributed by atoms with Crippen molar-refractivity contribution >= 4 is 5.91 Å². The van der Waals surface area contributed by atoms with Crippen molar-refractivity contribution in [2.75, 3.05) is 0 Å². The van der Waals surface area contributed by atoms with Gasteiger partial charge in [0.05, 0.1) is 6.04 Å². The molecule has 12 heavy (non-hydrogen) atoms. The first-order valence-electron chi connectivity index (χ1n) is 4.66. The molecule has 0 bridgehead atoms. The molecular weight excluding hydrogens is 152 g/mol. The molecular formula is C9H18N2O. The molecule has 0 radical (unpaired) electrons. The fourth-order valence-electron chi connectivity index (χ4n) is 1.80. The first kappa shape index (κ1) is 9.52. The van der Waals surface area contributed by atoms with Crippen molar-refractivity contribution < 1.29 is 4.79 Å². The molecule has 0 spiro atoms. The van der Waals surface area contributed by atoms with Crippen molar-refractivity contribution in [1.82, 2.24) is 5.32 Å². The Balaban J connectivity index is 2.35. The number of nitrogens with two attached hydrogens (primary N) is 1. The second-order valence-corrected chi connectivity index (χ2v) is 3.81. The van der Waals surface area contributed by atoms with Crippen LogP contribution in [0.1, 0.15) is 33.1 Å². The van der Waals surface area contributed by atoms with Crippen molar-refractivity contribution in [3.05, 3.63) is 0 Å². The van der Waals surface area contributed by atoms with E-state index in [9.17, 15) is 4.79 Å². The topological polar surface area (TPSA) is 55.1 Å². The van der Waals surface area contributed by atoms with Crippen molar-refractivity contribution in [3.63, 3.8) is 0 Å². The van der Waals surface area contributed by atoms with Gasteiger partial charge < -0.3 is 11.1 Å². The lowest BCUT2D eigenvalue weighted by molar-refractivity contribution is -0.119. The summed E-state index contributed by atoms with van der Waals surface area (Å²) < 4.78 is 0. The summed E-state index contributed by atoms with van der Waals surface area (Å²) >= 11 is 0. The van der Waals surface area contributed by atoms with E-state index in [1.807, 2.05) is 6.92 Å². The Labute approximate surface area is 73.7 Å². The molecule has 1 amide bonds. The molecule has 1 rings (SSSR count). The van der Waals surface area contributed by atoms with Crippen LogP contribution in [0.15, 0.2) is 0 Å². The fraction of sp³-hybridized carbons (Fsp3) is 0.889. The number of amides is 1. The highest BCUT2D eigenvalue weighted by molar-refractivity contribution is 5.79. The molecule has 0 heterocycles. The van der Waals surface area contributed by atoms with Gasteiger partial charge in [0.25, 0.3) is 0 Å². The first-order valence-corrected chi connectivity index (χ1v) is 4.66. The third kappa shape index (κ3) is 2.21. The van der Waals surface area contributed by atoms with Gasteiger partial charge in [0.2, 0.25) is 5.91 Å². The van der Waals surface area contributed by atoms with E-state index in [-0.39, 0.29) is 11.9 Å². The number of primary amides is 1. The maximum Gasteiger partial charge on any atom is 0.234 e. The number of carbonyl (C=O) groups is 1. The van der Waals surface area contributed by atoms with Crippen LogP contribution in [0.25, 0.3) is 0 Å². The van der Waals surface area contributed by atoms with Crippen LogP contribution in [0.3, 0.4) is 0 Å². The summed E-state index contributed by atoms with van der Waals surface area (Å²) in [5, 5.41) is 3.25. The highest BCUT2D eigenvalue weighted by Crippen LogP contribution is 2.24. The Morgan fingerprint density at radius 2 is 2.25 bits per heavy atom. The third-order valence-electron chi connectivity index (χ3n) is 2.75. The summed E-state index contributed by atoms with van der Waals surface area (Å²) in [5.41, 5.74) is 5.16. The monoisotopic (exact) mass is 170 g/mol. The van der Waals surface area contributed by atoms with Crippen LogP contribution in [0, 0.1) is 5.92 Å². The van der Waals surface area contributed by atoms with Crippen molar-refractivity contribution in [3.8, 4) is 0 Å². The lowest BCUT2D eigenvalue weighted by atomic mass is 10.1. The first-order chi connectivity index (χ1) is 5.61.